The summed E-state index contributed by atoms with van der Waals surface area (Å²) in [7, 11) is -2.30. The highest BCUT2D eigenvalue weighted by atomic mass is 35.5. The lowest BCUT2D eigenvalue weighted by molar-refractivity contribution is 0.0955. The van der Waals surface area contributed by atoms with Gasteiger partial charge in [0.1, 0.15) is 5.75 Å². The summed E-state index contributed by atoms with van der Waals surface area (Å²) < 4.78 is 32.7. The predicted molar refractivity (Wildman–Crippen MR) is 117 cm³/mol. The number of sulfonamides is 1. The minimum atomic E-state index is -3.88. The third kappa shape index (κ3) is 5.59. The summed E-state index contributed by atoms with van der Waals surface area (Å²) in [6.45, 7) is 0. The van der Waals surface area contributed by atoms with E-state index in [2.05, 4.69) is 15.2 Å². The molecular formula is C21H18ClN3O4S. The molecule has 0 unspecified atom stereocenters. The van der Waals surface area contributed by atoms with E-state index in [-0.39, 0.29) is 10.5 Å². The number of nitrogens with one attached hydrogen (secondary N) is 2. The first-order valence-electron chi connectivity index (χ1n) is 8.73. The molecule has 0 aromatic heterocycles. The Morgan fingerprint density at radius 1 is 1.03 bits per heavy atom. The van der Waals surface area contributed by atoms with Crippen LogP contribution in [0.3, 0.4) is 0 Å². The number of methoxy groups -OCH3 is 1. The largest absolute Gasteiger partial charge is 0.497 e. The molecule has 0 saturated heterocycles. The van der Waals surface area contributed by atoms with Crippen molar-refractivity contribution in [3.8, 4) is 5.75 Å². The third-order valence-corrected chi connectivity index (χ3v) is 5.63. The molecule has 3 rings (SSSR count). The summed E-state index contributed by atoms with van der Waals surface area (Å²) in [4.78, 5) is 12.3. The van der Waals surface area contributed by atoms with Gasteiger partial charge in [0.25, 0.3) is 15.9 Å². The van der Waals surface area contributed by atoms with Crippen molar-refractivity contribution >= 4 is 39.4 Å². The number of nitrogens with zero attached hydrogens (tertiary/aromatic N) is 1. The van der Waals surface area contributed by atoms with Gasteiger partial charge in [-0.25, -0.2) is 13.8 Å². The fraction of sp³-hybridized carbons (Fsp3) is 0.0476. The van der Waals surface area contributed by atoms with E-state index in [0.29, 0.717) is 16.5 Å². The van der Waals surface area contributed by atoms with Crippen LogP contribution in [0.4, 0.5) is 5.69 Å². The molecule has 9 heteroatoms. The highest BCUT2D eigenvalue weighted by Crippen LogP contribution is 2.19. The van der Waals surface area contributed by atoms with E-state index in [1.165, 1.54) is 30.5 Å². The molecular weight excluding hydrogens is 426 g/mol. The Morgan fingerprint density at radius 3 is 2.40 bits per heavy atom. The van der Waals surface area contributed by atoms with Crippen molar-refractivity contribution in [3.05, 3.63) is 88.9 Å². The summed E-state index contributed by atoms with van der Waals surface area (Å²) in [6.07, 6.45) is 1.47. The van der Waals surface area contributed by atoms with Crippen LogP contribution in [0.25, 0.3) is 0 Å². The molecule has 1 amide bonds. The van der Waals surface area contributed by atoms with Crippen LogP contribution in [0.2, 0.25) is 5.02 Å². The second-order valence-electron chi connectivity index (χ2n) is 6.11. The van der Waals surface area contributed by atoms with Crippen LogP contribution in [0.1, 0.15) is 15.9 Å². The van der Waals surface area contributed by atoms with E-state index < -0.39 is 15.9 Å². The van der Waals surface area contributed by atoms with Gasteiger partial charge in [-0.05, 0) is 72.3 Å². The second-order valence-corrected chi connectivity index (χ2v) is 8.23. The highest BCUT2D eigenvalue weighted by molar-refractivity contribution is 7.92. The Bertz CT molecular complexity index is 1160. The monoisotopic (exact) mass is 443 g/mol. The minimum absolute atomic E-state index is 0.0516. The Hall–Kier alpha value is -3.36. The van der Waals surface area contributed by atoms with Gasteiger partial charge in [-0.3, -0.25) is 9.52 Å². The van der Waals surface area contributed by atoms with Crippen LogP contribution in [0.15, 0.2) is 82.8 Å². The summed E-state index contributed by atoms with van der Waals surface area (Å²) in [5, 5.41) is 4.39. The van der Waals surface area contributed by atoms with Gasteiger partial charge in [-0.1, -0.05) is 17.7 Å². The van der Waals surface area contributed by atoms with Gasteiger partial charge in [0.15, 0.2) is 0 Å². The third-order valence-electron chi connectivity index (χ3n) is 4.00. The fourth-order valence-electron chi connectivity index (χ4n) is 2.46. The molecule has 0 atom stereocenters. The Balaban J connectivity index is 1.69. The molecule has 0 aliphatic carbocycles. The van der Waals surface area contributed by atoms with Crippen LogP contribution in [0, 0.1) is 0 Å². The fourth-order valence-corrected chi connectivity index (χ4v) is 3.69. The number of amides is 1. The first-order valence-corrected chi connectivity index (χ1v) is 10.6. The maximum Gasteiger partial charge on any atom is 0.271 e. The van der Waals surface area contributed by atoms with Crippen molar-refractivity contribution in [2.24, 2.45) is 5.10 Å². The van der Waals surface area contributed by atoms with Crippen molar-refractivity contribution in [2.75, 3.05) is 11.8 Å². The number of carbonyl (C=O) groups is 1. The molecule has 0 aliphatic heterocycles. The van der Waals surface area contributed by atoms with E-state index in [1.807, 2.05) is 0 Å². The molecule has 3 aromatic carbocycles. The molecule has 0 saturated carbocycles. The summed E-state index contributed by atoms with van der Waals surface area (Å²) >= 11 is 5.81. The second kappa shape index (κ2) is 9.43. The number of hydrazone groups is 1. The Kier molecular flexibility index (Phi) is 6.71. The smallest absolute Gasteiger partial charge is 0.271 e. The van der Waals surface area contributed by atoms with Gasteiger partial charge < -0.3 is 4.74 Å². The van der Waals surface area contributed by atoms with Crippen LogP contribution < -0.4 is 14.9 Å². The minimum Gasteiger partial charge on any atom is -0.497 e. The number of carbonyl (C=O) groups excluding carboxylic acids is 1. The van der Waals surface area contributed by atoms with Crippen molar-refractivity contribution in [1.29, 1.82) is 0 Å². The zero-order chi connectivity index (χ0) is 21.6. The van der Waals surface area contributed by atoms with Crippen molar-refractivity contribution in [2.45, 2.75) is 4.90 Å². The summed E-state index contributed by atoms with van der Waals surface area (Å²) in [5.74, 6) is 0.171. The number of rotatable bonds is 7. The molecule has 3 aromatic rings. The number of benzene rings is 3. The van der Waals surface area contributed by atoms with E-state index in [9.17, 15) is 13.2 Å². The molecule has 0 heterocycles. The Morgan fingerprint density at radius 2 is 1.73 bits per heavy atom. The molecule has 0 aliphatic rings. The zero-order valence-electron chi connectivity index (χ0n) is 15.9. The van der Waals surface area contributed by atoms with Crippen molar-refractivity contribution < 1.29 is 17.9 Å². The van der Waals surface area contributed by atoms with E-state index in [0.717, 1.165) is 5.56 Å². The van der Waals surface area contributed by atoms with Gasteiger partial charge in [0.05, 0.1) is 18.2 Å². The maximum absolute atomic E-state index is 12.6. The van der Waals surface area contributed by atoms with Gasteiger partial charge in [0.2, 0.25) is 0 Å². The average molecular weight is 444 g/mol. The molecule has 2 N–H and O–H groups in total. The summed E-state index contributed by atoms with van der Waals surface area (Å²) in [5.41, 5.74) is 3.66. The lowest BCUT2D eigenvalue weighted by Crippen LogP contribution is -2.19. The van der Waals surface area contributed by atoms with Gasteiger partial charge in [-0.2, -0.15) is 5.10 Å². The molecule has 0 radical (unpaired) electrons. The maximum atomic E-state index is 12.6. The average Bonchev–Trinajstić information content (AvgIpc) is 2.76. The molecule has 0 fully saturated rings. The quantitative estimate of drug-likeness (QED) is 0.427. The first-order chi connectivity index (χ1) is 14.4. The van der Waals surface area contributed by atoms with Crippen molar-refractivity contribution in [3.63, 3.8) is 0 Å². The number of anilines is 1. The lowest BCUT2D eigenvalue weighted by atomic mass is 10.2. The van der Waals surface area contributed by atoms with Gasteiger partial charge in [-0.15, -0.1) is 0 Å². The highest BCUT2D eigenvalue weighted by Gasteiger charge is 2.16. The van der Waals surface area contributed by atoms with E-state index in [1.54, 1.807) is 55.6 Å². The molecule has 30 heavy (non-hydrogen) atoms. The zero-order valence-corrected chi connectivity index (χ0v) is 17.4. The standard InChI is InChI=1S/C21H18ClN3O4S/c1-29-19-11-5-15(6-12-19)14-23-24-21(26)16-3-2-4-20(13-16)30(27,28)25-18-9-7-17(22)8-10-18/h2-14,25H,1H3,(H,24,26)/b23-14-. The van der Waals surface area contributed by atoms with E-state index >= 15 is 0 Å². The SMILES string of the molecule is COc1ccc(/C=N\NC(=O)c2cccc(S(=O)(=O)Nc3ccc(Cl)cc3)c2)cc1. The normalized spacial score (nSPS) is 11.3. The van der Waals surface area contributed by atoms with Crippen molar-refractivity contribution in [1.82, 2.24) is 5.43 Å². The molecule has 0 spiro atoms. The molecule has 154 valence electrons. The molecule has 0 bridgehead atoms. The van der Waals surface area contributed by atoms with Crippen LogP contribution in [0.5, 0.6) is 5.75 Å². The van der Waals surface area contributed by atoms with Crippen LogP contribution in [-0.2, 0) is 10.0 Å². The number of hydrogen-bond donors (Lipinski definition) is 2. The van der Waals surface area contributed by atoms with Gasteiger partial charge in [0, 0.05) is 16.3 Å². The topological polar surface area (TPSA) is 96.9 Å². The van der Waals surface area contributed by atoms with Gasteiger partial charge >= 0.3 is 0 Å². The number of hydrogen-bond acceptors (Lipinski definition) is 5. The first kappa shape index (κ1) is 21.4. The number of ether oxygens (including phenoxy) is 1. The summed E-state index contributed by atoms with van der Waals surface area (Å²) in [6, 6.07) is 19.0. The van der Waals surface area contributed by atoms with Crippen LogP contribution >= 0.6 is 11.6 Å². The predicted octanol–water partition coefficient (Wildman–Crippen LogP) is 3.91. The Labute approximate surface area is 179 Å². The lowest BCUT2D eigenvalue weighted by Gasteiger charge is -2.09. The van der Waals surface area contributed by atoms with E-state index in [4.69, 9.17) is 16.3 Å². The van der Waals surface area contributed by atoms with Crippen LogP contribution in [-0.4, -0.2) is 27.6 Å². The number of halogens is 1. The molecule has 7 nitrogen and oxygen atoms in total.